The maximum Gasteiger partial charge on any atom is 0.251 e. The Hall–Kier alpha value is -2.09. The predicted octanol–water partition coefficient (Wildman–Crippen LogP) is 0.977. The SMILES string of the molecule is CN(C)S(=O)(=O)c1ccc(C(=O)NCCN=[N+]=[N-])cc1. The molecule has 0 fully saturated rings. The van der Waals surface area contributed by atoms with Crippen LogP contribution in [0.25, 0.3) is 10.4 Å². The highest BCUT2D eigenvalue weighted by molar-refractivity contribution is 7.89. The van der Waals surface area contributed by atoms with Crippen molar-refractivity contribution in [3.63, 3.8) is 0 Å². The van der Waals surface area contributed by atoms with Crippen LogP contribution in [0.1, 0.15) is 10.4 Å². The van der Waals surface area contributed by atoms with E-state index in [1.54, 1.807) is 0 Å². The van der Waals surface area contributed by atoms with Gasteiger partial charge in [0.2, 0.25) is 10.0 Å². The van der Waals surface area contributed by atoms with Crippen molar-refractivity contribution in [2.75, 3.05) is 27.2 Å². The summed E-state index contributed by atoms with van der Waals surface area (Å²) in [6.07, 6.45) is 0. The molecule has 1 aromatic rings. The van der Waals surface area contributed by atoms with E-state index in [0.717, 1.165) is 4.31 Å². The molecule has 0 aliphatic carbocycles. The van der Waals surface area contributed by atoms with Gasteiger partial charge in [0.1, 0.15) is 0 Å². The summed E-state index contributed by atoms with van der Waals surface area (Å²) in [4.78, 5) is 14.4. The Balaban J connectivity index is 2.76. The molecule has 1 N–H and O–H groups in total. The van der Waals surface area contributed by atoms with Gasteiger partial charge in [0.15, 0.2) is 0 Å². The molecular formula is C11H15N5O3S. The Morgan fingerprint density at radius 2 is 1.95 bits per heavy atom. The lowest BCUT2D eigenvalue weighted by Gasteiger charge is -2.11. The van der Waals surface area contributed by atoms with Gasteiger partial charge in [-0.05, 0) is 29.8 Å². The van der Waals surface area contributed by atoms with Gasteiger partial charge in [0.05, 0.1) is 4.90 Å². The zero-order valence-corrected chi connectivity index (χ0v) is 12.0. The molecule has 0 bridgehead atoms. The number of rotatable bonds is 6. The zero-order valence-electron chi connectivity index (χ0n) is 11.1. The minimum atomic E-state index is -3.50. The van der Waals surface area contributed by atoms with Gasteiger partial charge in [-0.15, -0.1) is 0 Å². The highest BCUT2D eigenvalue weighted by Gasteiger charge is 2.17. The van der Waals surface area contributed by atoms with Crippen LogP contribution >= 0.6 is 0 Å². The molecule has 0 radical (unpaired) electrons. The van der Waals surface area contributed by atoms with Crippen molar-refractivity contribution in [2.45, 2.75) is 4.90 Å². The van der Waals surface area contributed by atoms with Gasteiger partial charge in [-0.1, -0.05) is 5.11 Å². The zero-order chi connectivity index (χ0) is 15.2. The van der Waals surface area contributed by atoms with Crippen molar-refractivity contribution in [3.8, 4) is 0 Å². The number of azide groups is 1. The van der Waals surface area contributed by atoms with Crippen molar-refractivity contribution >= 4 is 15.9 Å². The molecule has 20 heavy (non-hydrogen) atoms. The normalized spacial score (nSPS) is 10.9. The minimum Gasteiger partial charge on any atom is -0.352 e. The number of hydrogen-bond acceptors (Lipinski definition) is 4. The molecule has 108 valence electrons. The summed E-state index contributed by atoms with van der Waals surface area (Å²) in [5.74, 6) is -0.355. The van der Waals surface area contributed by atoms with Gasteiger partial charge in [0.25, 0.3) is 5.91 Å². The number of benzene rings is 1. The largest absolute Gasteiger partial charge is 0.352 e. The predicted molar refractivity (Wildman–Crippen MR) is 73.7 cm³/mol. The summed E-state index contributed by atoms with van der Waals surface area (Å²) in [5, 5.41) is 5.84. The van der Waals surface area contributed by atoms with Crippen molar-refractivity contribution in [1.29, 1.82) is 0 Å². The van der Waals surface area contributed by atoms with Crippen molar-refractivity contribution in [1.82, 2.24) is 9.62 Å². The van der Waals surface area contributed by atoms with Crippen LogP contribution in [0.5, 0.6) is 0 Å². The Labute approximate surface area is 117 Å². The second kappa shape index (κ2) is 6.90. The van der Waals surface area contributed by atoms with Gasteiger partial charge in [-0.25, -0.2) is 12.7 Å². The van der Waals surface area contributed by atoms with Crippen molar-refractivity contribution in [2.24, 2.45) is 5.11 Å². The summed E-state index contributed by atoms with van der Waals surface area (Å²) in [6.45, 7) is 0.385. The van der Waals surface area contributed by atoms with E-state index in [0.29, 0.717) is 5.56 Å². The Morgan fingerprint density at radius 3 is 2.45 bits per heavy atom. The lowest BCUT2D eigenvalue weighted by Crippen LogP contribution is -2.26. The average molecular weight is 297 g/mol. The van der Waals surface area contributed by atoms with E-state index >= 15 is 0 Å². The average Bonchev–Trinajstić information content (AvgIpc) is 2.43. The number of carbonyl (C=O) groups excluding carboxylic acids is 1. The summed E-state index contributed by atoms with van der Waals surface area (Å²) in [6, 6.07) is 5.61. The maximum absolute atomic E-state index is 11.8. The first-order valence-electron chi connectivity index (χ1n) is 5.71. The molecule has 1 amide bonds. The van der Waals surface area contributed by atoms with E-state index in [-0.39, 0.29) is 23.9 Å². The molecule has 9 heteroatoms. The van der Waals surface area contributed by atoms with E-state index in [4.69, 9.17) is 5.53 Å². The van der Waals surface area contributed by atoms with Crippen LogP contribution in [0.3, 0.4) is 0 Å². The third-order valence-corrected chi connectivity index (χ3v) is 4.29. The minimum absolute atomic E-state index is 0.119. The summed E-state index contributed by atoms with van der Waals surface area (Å²) >= 11 is 0. The van der Waals surface area contributed by atoms with Crippen LogP contribution in [-0.4, -0.2) is 45.8 Å². The molecular weight excluding hydrogens is 282 g/mol. The first-order chi connectivity index (χ1) is 9.39. The van der Waals surface area contributed by atoms with E-state index in [1.807, 2.05) is 0 Å². The lowest BCUT2D eigenvalue weighted by atomic mass is 10.2. The number of nitrogens with one attached hydrogen (secondary N) is 1. The van der Waals surface area contributed by atoms with E-state index in [9.17, 15) is 13.2 Å². The van der Waals surface area contributed by atoms with E-state index in [2.05, 4.69) is 15.3 Å². The molecule has 0 aromatic heterocycles. The van der Waals surface area contributed by atoms with Gasteiger partial charge >= 0.3 is 0 Å². The summed E-state index contributed by atoms with van der Waals surface area (Å²) in [5.41, 5.74) is 8.42. The van der Waals surface area contributed by atoms with E-state index < -0.39 is 10.0 Å². The second-order valence-electron chi connectivity index (χ2n) is 4.02. The van der Waals surface area contributed by atoms with Gasteiger partial charge in [-0.3, -0.25) is 4.79 Å². The van der Waals surface area contributed by atoms with Crippen LogP contribution < -0.4 is 5.32 Å². The van der Waals surface area contributed by atoms with Crippen molar-refractivity contribution in [3.05, 3.63) is 40.3 Å². The number of amides is 1. The van der Waals surface area contributed by atoms with Gasteiger partial charge in [-0.2, -0.15) is 0 Å². The lowest BCUT2D eigenvalue weighted by molar-refractivity contribution is 0.0954. The topological polar surface area (TPSA) is 115 Å². The first-order valence-corrected chi connectivity index (χ1v) is 7.15. The van der Waals surface area contributed by atoms with Crippen LogP contribution in [-0.2, 0) is 10.0 Å². The highest BCUT2D eigenvalue weighted by atomic mass is 32.2. The molecule has 1 rings (SSSR count). The van der Waals surface area contributed by atoms with Crippen LogP contribution in [0.2, 0.25) is 0 Å². The smallest absolute Gasteiger partial charge is 0.251 e. The molecule has 0 spiro atoms. The van der Waals surface area contributed by atoms with Gasteiger partial charge < -0.3 is 5.32 Å². The summed E-state index contributed by atoms with van der Waals surface area (Å²) in [7, 11) is -0.625. The van der Waals surface area contributed by atoms with Gasteiger partial charge in [0, 0.05) is 37.7 Å². The molecule has 8 nitrogen and oxygen atoms in total. The number of nitrogens with zero attached hydrogens (tertiary/aromatic N) is 4. The highest BCUT2D eigenvalue weighted by Crippen LogP contribution is 2.13. The third kappa shape index (κ3) is 3.95. The fourth-order valence-corrected chi connectivity index (χ4v) is 2.26. The fraction of sp³-hybridized carbons (Fsp3) is 0.364. The fourth-order valence-electron chi connectivity index (χ4n) is 1.36. The quantitative estimate of drug-likeness (QED) is 0.365. The first kappa shape index (κ1) is 16.0. The molecule has 1 aromatic carbocycles. The van der Waals surface area contributed by atoms with E-state index in [1.165, 1.54) is 38.4 Å². The molecule has 0 unspecified atom stereocenters. The number of carbonyl (C=O) groups is 1. The maximum atomic E-state index is 11.8. The molecule has 0 atom stereocenters. The number of hydrogen-bond donors (Lipinski definition) is 1. The Kier molecular flexibility index (Phi) is 5.51. The molecule has 0 heterocycles. The molecule has 0 saturated carbocycles. The summed E-state index contributed by atoms with van der Waals surface area (Å²) < 4.78 is 24.8. The Bertz CT molecular complexity index is 618. The number of sulfonamides is 1. The Morgan fingerprint density at radius 1 is 1.35 bits per heavy atom. The standard InChI is InChI=1S/C11H15N5O3S/c1-16(2)20(18,19)10-5-3-9(4-6-10)11(17)13-7-8-14-15-12/h3-6H,7-8H2,1-2H3,(H,13,17). The molecule has 0 aliphatic rings. The van der Waals surface area contributed by atoms with Crippen LogP contribution in [0.15, 0.2) is 34.3 Å². The van der Waals surface area contributed by atoms with Crippen LogP contribution in [0.4, 0.5) is 0 Å². The monoisotopic (exact) mass is 297 g/mol. The second-order valence-corrected chi connectivity index (χ2v) is 6.17. The van der Waals surface area contributed by atoms with Crippen molar-refractivity contribution < 1.29 is 13.2 Å². The third-order valence-electron chi connectivity index (χ3n) is 2.46. The molecule has 0 saturated heterocycles. The van der Waals surface area contributed by atoms with Crippen LogP contribution in [0, 0.1) is 0 Å². The molecule has 0 aliphatic heterocycles.